The van der Waals surface area contributed by atoms with Gasteiger partial charge in [-0.3, -0.25) is 0 Å². The summed E-state index contributed by atoms with van der Waals surface area (Å²) in [4.78, 5) is 1.17. The molecule has 0 spiro atoms. The minimum atomic E-state index is 0.506. The maximum Gasteiger partial charge on any atom is 0.180 e. The molecular weight excluding hydrogens is 414 g/mol. The van der Waals surface area contributed by atoms with Gasteiger partial charge in [-0.15, -0.1) is 11.3 Å². The molecule has 4 bridgehead atoms. The Morgan fingerprint density at radius 2 is 1.87 bits per heavy atom. The maximum atomic E-state index is 6.60. The van der Waals surface area contributed by atoms with Gasteiger partial charge in [0.15, 0.2) is 11.5 Å². The van der Waals surface area contributed by atoms with Crippen LogP contribution in [0.25, 0.3) is 0 Å². The molecule has 162 valence electrons. The van der Waals surface area contributed by atoms with E-state index in [1.807, 2.05) is 12.1 Å². The molecule has 1 aromatic heterocycles. The van der Waals surface area contributed by atoms with Crippen LogP contribution in [-0.4, -0.2) is 13.2 Å². The monoisotopic (exact) mass is 445 g/mol. The van der Waals surface area contributed by atoms with Crippen LogP contribution >= 0.6 is 22.9 Å². The number of rotatable bonds is 8. The van der Waals surface area contributed by atoms with E-state index in [0.29, 0.717) is 34.6 Å². The molecule has 4 fully saturated rings. The standard InChI is InChI=1S/C25H32ClNO2S/c1-16(25-11-17-6-18(12-25)8-19(7-17)13-25)27-14-20-9-22(26)24(23(10-20)28-2)29-15-21-4-3-5-30-21/h3-5,9-10,16-19,27H,6-8,11-15H2,1-2H3. The van der Waals surface area contributed by atoms with Crippen LogP contribution in [0.15, 0.2) is 29.6 Å². The quantitative estimate of drug-likeness (QED) is 0.491. The molecule has 4 saturated carbocycles. The third-order valence-electron chi connectivity index (χ3n) is 7.84. The first-order valence-corrected chi connectivity index (χ1v) is 12.6. The molecule has 0 radical (unpaired) electrons. The maximum absolute atomic E-state index is 6.60. The molecule has 0 aliphatic heterocycles. The van der Waals surface area contributed by atoms with Crippen molar-refractivity contribution in [2.24, 2.45) is 23.2 Å². The minimum Gasteiger partial charge on any atom is -0.493 e. The summed E-state index contributed by atoms with van der Waals surface area (Å²) < 4.78 is 11.6. The Labute approximate surface area is 189 Å². The zero-order chi connectivity index (χ0) is 20.7. The van der Waals surface area contributed by atoms with Gasteiger partial charge in [0.25, 0.3) is 0 Å². The fourth-order valence-corrected chi connectivity index (χ4v) is 7.65. The van der Waals surface area contributed by atoms with Crippen LogP contribution in [0.2, 0.25) is 5.02 Å². The van der Waals surface area contributed by atoms with E-state index >= 15 is 0 Å². The van der Waals surface area contributed by atoms with Crippen LogP contribution in [0.5, 0.6) is 11.5 Å². The van der Waals surface area contributed by atoms with E-state index < -0.39 is 0 Å². The van der Waals surface area contributed by atoms with Gasteiger partial charge >= 0.3 is 0 Å². The molecule has 4 aliphatic carbocycles. The van der Waals surface area contributed by atoms with Crippen molar-refractivity contribution in [2.75, 3.05) is 7.11 Å². The lowest BCUT2D eigenvalue weighted by Gasteiger charge is -2.59. The molecule has 3 nitrogen and oxygen atoms in total. The van der Waals surface area contributed by atoms with Gasteiger partial charge in [-0.2, -0.15) is 0 Å². The van der Waals surface area contributed by atoms with E-state index in [2.05, 4.69) is 29.8 Å². The molecule has 1 heterocycles. The number of nitrogens with one attached hydrogen (secondary N) is 1. The molecular formula is C25H32ClNO2S. The van der Waals surface area contributed by atoms with Crippen molar-refractivity contribution in [1.29, 1.82) is 0 Å². The van der Waals surface area contributed by atoms with Gasteiger partial charge in [0.05, 0.1) is 12.1 Å². The van der Waals surface area contributed by atoms with Crippen LogP contribution in [0, 0.1) is 23.2 Å². The number of thiophene rings is 1. The average Bonchev–Trinajstić information content (AvgIpc) is 3.23. The topological polar surface area (TPSA) is 30.5 Å². The summed E-state index contributed by atoms with van der Waals surface area (Å²) in [5, 5.41) is 6.52. The highest BCUT2D eigenvalue weighted by Crippen LogP contribution is 2.61. The van der Waals surface area contributed by atoms with Crippen molar-refractivity contribution in [1.82, 2.24) is 5.32 Å². The molecule has 0 saturated heterocycles. The van der Waals surface area contributed by atoms with Crippen molar-refractivity contribution >= 4 is 22.9 Å². The Morgan fingerprint density at radius 3 is 2.47 bits per heavy atom. The first-order chi connectivity index (χ1) is 14.5. The van der Waals surface area contributed by atoms with Crippen LogP contribution in [0.4, 0.5) is 0 Å². The summed E-state index contributed by atoms with van der Waals surface area (Å²) in [6.07, 6.45) is 8.75. The van der Waals surface area contributed by atoms with E-state index in [0.717, 1.165) is 29.9 Å². The first kappa shape index (κ1) is 20.7. The van der Waals surface area contributed by atoms with Gasteiger partial charge in [0.1, 0.15) is 6.61 Å². The molecule has 2 aromatic rings. The Bertz CT molecular complexity index is 846. The molecule has 1 aromatic carbocycles. The Balaban J connectivity index is 1.25. The molecule has 6 rings (SSSR count). The van der Waals surface area contributed by atoms with E-state index in [1.165, 1.54) is 43.4 Å². The van der Waals surface area contributed by atoms with Crippen molar-refractivity contribution in [3.63, 3.8) is 0 Å². The Hall–Kier alpha value is -1.23. The summed E-state index contributed by atoms with van der Waals surface area (Å²) in [7, 11) is 1.68. The van der Waals surface area contributed by atoms with E-state index in [9.17, 15) is 0 Å². The average molecular weight is 446 g/mol. The number of hydrogen-bond donors (Lipinski definition) is 1. The lowest BCUT2D eigenvalue weighted by Crippen LogP contribution is -2.54. The summed E-state index contributed by atoms with van der Waals surface area (Å²) >= 11 is 8.28. The number of methoxy groups -OCH3 is 1. The van der Waals surface area contributed by atoms with Gasteiger partial charge in [-0.25, -0.2) is 0 Å². The second-order valence-electron chi connectivity index (χ2n) is 9.86. The third-order valence-corrected chi connectivity index (χ3v) is 8.98. The second-order valence-corrected chi connectivity index (χ2v) is 11.3. The highest BCUT2D eigenvalue weighted by Gasteiger charge is 2.52. The van der Waals surface area contributed by atoms with Crippen molar-refractivity contribution in [2.45, 2.75) is 64.6 Å². The predicted molar refractivity (Wildman–Crippen MR) is 124 cm³/mol. The van der Waals surface area contributed by atoms with E-state index in [1.54, 1.807) is 18.4 Å². The van der Waals surface area contributed by atoms with Gasteiger partial charge in [0, 0.05) is 17.5 Å². The first-order valence-electron chi connectivity index (χ1n) is 11.3. The van der Waals surface area contributed by atoms with Gasteiger partial charge in [0.2, 0.25) is 0 Å². The van der Waals surface area contributed by atoms with Gasteiger partial charge in [-0.05, 0) is 97.8 Å². The predicted octanol–water partition coefficient (Wildman–Crippen LogP) is 6.68. The SMILES string of the molecule is COc1cc(CNC(C)C23CC4CC(CC(C4)C2)C3)cc(Cl)c1OCc1cccs1. The largest absolute Gasteiger partial charge is 0.493 e. The van der Waals surface area contributed by atoms with E-state index in [-0.39, 0.29) is 0 Å². The Morgan fingerprint density at radius 1 is 1.17 bits per heavy atom. The molecule has 1 atom stereocenters. The van der Waals surface area contributed by atoms with Crippen LogP contribution in [0.3, 0.4) is 0 Å². The molecule has 1 N–H and O–H groups in total. The third kappa shape index (κ3) is 3.99. The fraction of sp³-hybridized carbons (Fsp3) is 0.600. The van der Waals surface area contributed by atoms with Crippen LogP contribution < -0.4 is 14.8 Å². The highest BCUT2D eigenvalue weighted by molar-refractivity contribution is 7.09. The molecule has 1 unspecified atom stereocenters. The van der Waals surface area contributed by atoms with Crippen molar-refractivity contribution < 1.29 is 9.47 Å². The minimum absolute atomic E-state index is 0.506. The molecule has 0 amide bonds. The zero-order valence-electron chi connectivity index (χ0n) is 18.0. The highest BCUT2D eigenvalue weighted by atomic mass is 35.5. The molecule has 30 heavy (non-hydrogen) atoms. The smallest absolute Gasteiger partial charge is 0.180 e. The Kier molecular flexibility index (Phi) is 5.76. The molecule has 5 heteroatoms. The van der Waals surface area contributed by atoms with Crippen molar-refractivity contribution in [3.05, 3.63) is 45.1 Å². The van der Waals surface area contributed by atoms with Crippen LogP contribution in [-0.2, 0) is 13.2 Å². The van der Waals surface area contributed by atoms with Crippen molar-refractivity contribution in [3.8, 4) is 11.5 Å². The van der Waals surface area contributed by atoms with Gasteiger partial charge < -0.3 is 14.8 Å². The van der Waals surface area contributed by atoms with Gasteiger partial charge in [-0.1, -0.05) is 17.7 Å². The zero-order valence-corrected chi connectivity index (χ0v) is 19.5. The number of benzene rings is 1. The summed E-state index contributed by atoms with van der Waals surface area (Å²) in [6.45, 7) is 3.73. The number of hydrogen-bond acceptors (Lipinski definition) is 4. The number of ether oxygens (including phenoxy) is 2. The summed E-state index contributed by atoms with van der Waals surface area (Å²) in [6, 6.07) is 8.71. The number of halogens is 1. The lowest BCUT2D eigenvalue weighted by molar-refractivity contribution is -0.0706. The fourth-order valence-electron chi connectivity index (χ4n) is 6.75. The molecule has 4 aliphatic rings. The van der Waals surface area contributed by atoms with Crippen LogP contribution in [0.1, 0.15) is 55.9 Å². The van der Waals surface area contributed by atoms with E-state index in [4.69, 9.17) is 21.1 Å². The lowest BCUT2D eigenvalue weighted by atomic mass is 9.48. The summed E-state index contributed by atoms with van der Waals surface area (Å²) in [5.74, 6) is 4.28. The summed E-state index contributed by atoms with van der Waals surface area (Å²) in [5.41, 5.74) is 1.66. The second kappa shape index (κ2) is 8.37. The normalized spacial score (nSPS) is 30.4.